The highest BCUT2D eigenvalue weighted by atomic mass is 16.5. The van der Waals surface area contributed by atoms with Crippen LogP contribution >= 0.6 is 0 Å². The van der Waals surface area contributed by atoms with E-state index in [9.17, 15) is 0 Å². The lowest BCUT2D eigenvalue weighted by atomic mass is 10.0. The second-order valence-electron chi connectivity index (χ2n) is 16.0. The van der Waals surface area contributed by atoms with Crippen molar-refractivity contribution in [1.29, 1.82) is 0 Å². The fraction of sp³-hybridized carbons (Fsp3) is 0.979. The molecule has 0 aromatic rings. The third-order valence-corrected chi connectivity index (χ3v) is 10.9. The minimum absolute atomic E-state index is 0.943. The summed E-state index contributed by atoms with van der Waals surface area (Å²) in [6.45, 7) is 7.66. The van der Waals surface area contributed by atoms with E-state index >= 15 is 0 Å². The van der Waals surface area contributed by atoms with Crippen molar-refractivity contribution in [2.45, 2.75) is 290 Å². The first-order chi connectivity index (χ1) is 23.9. The average molecular weight is 676 g/mol. The third kappa shape index (κ3) is 46.0. The van der Waals surface area contributed by atoms with Crippen LogP contribution in [0.5, 0.6) is 0 Å². The molecule has 1 heteroatoms. The van der Waals surface area contributed by atoms with Gasteiger partial charge in [0.1, 0.15) is 0 Å². The zero-order valence-corrected chi connectivity index (χ0v) is 34.1. The van der Waals surface area contributed by atoms with E-state index in [-0.39, 0.29) is 0 Å². The number of ether oxygens (including phenoxy) is 1. The lowest BCUT2D eigenvalue weighted by Crippen LogP contribution is -1.92. The summed E-state index contributed by atoms with van der Waals surface area (Å²) in [7, 11) is 0. The Bertz CT molecular complexity index is 469. The Hall–Kier alpha value is -0.0400. The molecule has 0 aliphatic rings. The van der Waals surface area contributed by atoms with E-state index in [0.717, 1.165) is 13.0 Å². The second kappa shape index (κ2) is 47.0. The molecule has 0 saturated carbocycles. The summed E-state index contributed by atoms with van der Waals surface area (Å²) in [5, 5.41) is 0. The Morgan fingerprint density at radius 1 is 0.229 bits per heavy atom. The molecule has 0 aliphatic carbocycles. The van der Waals surface area contributed by atoms with Crippen molar-refractivity contribution in [3.05, 3.63) is 6.61 Å². The zero-order valence-electron chi connectivity index (χ0n) is 34.1. The van der Waals surface area contributed by atoms with E-state index in [1.54, 1.807) is 0 Å². The van der Waals surface area contributed by atoms with E-state index in [1.807, 2.05) is 0 Å². The molecule has 0 N–H and O–H groups in total. The summed E-state index contributed by atoms with van der Waals surface area (Å²) < 4.78 is 5.79. The summed E-state index contributed by atoms with van der Waals surface area (Å²) >= 11 is 0. The number of unbranched alkanes of at least 4 members (excludes halogenated alkanes) is 41. The molecule has 0 bridgehead atoms. The van der Waals surface area contributed by atoms with Gasteiger partial charge in [0.15, 0.2) is 0 Å². The fourth-order valence-corrected chi connectivity index (χ4v) is 7.44. The van der Waals surface area contributed by atoms with Gasteiger partial charge in [0, 0.05) is 6.61 Å². The van der Waals surface area contributed by atoms with E-state index < -0.39 is 0 Å². The number of hydrogen-bond acceptors (Lipinski definition) is 1. The Balaban J connectivity index is 3.04. The highest BCUT2D eigenvalue weighted by molar-refractivity contribution is 4.55. The lowest BCUT2D eigenvalue weighted by Gasteiger charge is -2.05. The molecule has 1 nitrogen and oxygen atoms in total. The lowest BCUT2D eigenvalue weighted by molar-refractivity contribution is 0.183. The molecule has 48 heavy (non-hydrogen) atoms. The van der Waals surface area contributed by atoms with Crippen molar-refractivity contribution in [1.82, 2.24) is 0 Å². The highest BCUT2D eigenvalue weighted by Gasteiger charge is 1.98. The van der Waals surface area contributed by atoms with Crippen molar-refractivity contribution < 1.29 is 4.74 Å². The molecule has 0 heterocycles. The summed E-state index contributed by atoms with van der Waals surface area (Å²) in [5.74, 6) is 0. The van der Waals surface area contributed by atoms with Crippen LogP contribution in [-0.4, -0.2) is 6.61 Å². The molecule has 0 unspecified atom stereocenters. The van der Waals surface area contributed by atoms with Gasteiger partial charge in [-0.1, -0.05) is 277 Å². The van der Waals surface area contributed by atoms with Crippen molar-refractivity contribution in [3.8, 4) is 0 Å². The predicted molar refractivity (Wildman–Crippen MR) is 220 cm³/mol. The Kier molecular flexibility index (Phi) is 46.9. The van der Waals surface area contributed by atoms with E-state index in [4.69, 9.17) is 4.74 Å². The van der Waals surface area contributed by atoms with E-state index in [0.29, 0.717) is 0 Å². The van der Waals surface area contributed by atoms with Gasteiger partial charge in [-0.05, 0) is 12.8 Å². The minimum Gasteiger partial charge on any atom is -0.376 e. The molecule has 0 aliphatic heterocycles. The van der Waals surface area contributed by atoms with Gasteiger partial charge in [0.25, 0.3) is 0 Å². The SMILES string of the molecule is CCCCCCCCCCCCCCCCCCCCCCC[CH]OCCCCCCCCCCCCCCCCCCCCCCC. The highest BCUT2D eigenvalue weighted by Crippen LogP contribution is 2.17. The van der Waals surface area contributed by atoms with Crippen molar-refractivity contribution in [3.63, 3.8) is 0 Å². The van der Waals surface area contributed by atoms with Gasteiger partial charge in [-0.25, -0.2) is 0 Å². The summed E-state index contributed by atoms with van der Waals surface area (Å²) in [6, 6.07) is 0. The molecule has 0 saturated heterocycles. The molecule has 0 fully saturated rings. The van der Waals surface area contributed by atoms with Crippen LogP contribution in [0.2, 0.25) is 0 Å². The van der Waals surface area contributed by atoms with Gasteiger partial charge in [-0.3, -0.25) is 0 Å². The van der Waals surface area contributed by atoms with Crippen LogP contribution in [0.4, 0.5) is 0 Å². The topological polar surface area (TPSA) is 9.23 Å². The first kappa shape index (κ1) is 48.0. The third-order valence-electron chi connectivity index (χ3n) is 10.9. The quantitative estimate of drug-likeness (QED) is 0.0584. The monoisotopic (exact) mass is 676 g/mol. The largest absolute Gasteiger partial charge is 0.376 e. The van der Waals surface area contributed by atoms with Crippen LogP contribution in [0.25, 0.3) is 0 Å². The Morgan fingerprint density at radius 2 is 0.417 bits per heavy atom. The maximum absolute atomic E-state index is 5.79. The predicted octanol–water partition coefficient (Wildman–Crippen LogP) is 18.0. The van der Waals surface area contributed by atoms with Crippen LogP contribution < -0.4 is 0 Å². The van der Waals surface area contributed by atoms with Gasteiger partial charge in [-0.2, -0.15) is 0 Å². The first-order valence-corrected chi connectivity index (χ1v) is 23.3. The van der Waals surface area contributed by atoms with Crippen LogP contribution in [0, 0.1) is 6.61 Å². The summed E-state index contributed by atoms with van der Waals surface area (Å²) in [5.41, 5.74) is 0. The van der Waals surface area contributed by atoms with Gasteiger partial charge in [-0.15, -0.1) is 0 Å². The molecule has 289 valence electrons. The number of hydrogen-bond donors (Lipinski definition) is 0. The van der Waals surface area contributed by atoms with Crippen LogP contribution in [0.1, 0.15) is 290 Å². The molecule has 0 amide bonds. The number of rotatable bonds is 45. The smallest absolute Gasteiger partial charge is 0.0836 e. The van der Waals surface area contributed by atoms with Crippen molar-refractivity contribution >= 4 is 0 Å². The van der Waals surface area contributed by atoms with Gasteiger partial charge in [0.05, 0.1) is 6.61 Å². The summed E-state index contributed by atoms with van der Waals surface area (Å²) in [6.07, 6.45) is 62.0. The van der Waals surface area contributed by atoms with Crippen molar-refractivity contribution in [2.24, 2.45) is 0 Å². The first-order valence-electron chi connectivity index (χ1n) is 23.3. The van der Waals surface area contributed by atoms with Crippen LogP contribution in [0.15, 0.2) is 0 Å². The molecule has 0 aromatic heterocycles. The molecule has 0 rings (SSSR count). The molecule has 1 radical (unpaired) electrons. The Morgan fingerprint density at radius 3 is 0.646 bits per heavy atom. The normalized spacial score (nSPS) is 11.6. The van der Waals surface area contributed by atoms with Crippen molar-refractivity contribution in [2.75, 3.05) is 6.61 Å². The van der Waals surface area contributed by atoms with Crippen LogP contribution in [0.3, 0.4) is 0 Å². The molecule has 0 spiro atoms. The molecule has 0 aromatic carbocycles. The zero-order chi connectivity index (χ0) is 34.5. The fourth-order valence-electron chi connectivity index (χ4n) is 7.44. The molecule has 0 atom stereocenters. The maximum atomic E-state index is 5.79. The van der Waals surface area contributed by atoms with Crippen LogP contribution in [-0.2, 0) is 4.74 Å². The van der Waals surface area contributed by atoms with Gasteiger partial charge >= 0.3 is 0 Å². The standard InChI is InChI=1S/C47H95O/c1-3-5-7-9-11-13-15-17-19-21-23-25-27-29-31-33-35-37-39-41-43-45-47-48-46-44-42-40-38-36-34-32-30-28-26-24-22-20-18-16-14-12-10-8-6-4-2/h47H,3-46H2,1-2H3. The Labute approximate surface area is 307 Å². The second-order valence-corrected chi connectivity index (χ2v) is 16.0. The van der Waals surface area contributed by atoms with E-state index in [1.165, 1.54) is 270 Å². The summed E-state index contributed by atoms with van der Waals surface area (Å²) in [4.78, 5) is 0. The van der Waals surface area contributed by atoms with Gasteiger partial charge in [0.2, 0.25) is 0 Å². The maximum Gasteiger partial charge on any atom is 0.0836 e. The van der Waals surface area contributed by atoms with Gasteiger partial charge < -0.3 is 4.74 Å². The minimum atomic E-state index is 0.943. The van der Waals surface area contributed by atoms with E-state index in [2.05, 4.69) is 20.5 Å². The molecular weight excluding hydrogens is 581 g/mol. The molecular formula is C47H95O. The average Bonchev–Trinajstić information content (AvgIpc) is 3.10.